The molecule has 1 aromatic carbocycles. The van der Waals surface area contributed by atoms with Gasteiger partial charge in [0.2, 0.25) is 11.8 Å². The van der Waals surface area contributed by atoms with E-state index < -0.39 is 11.8 Å². The van der Waals surface area contributed by atoms with Gasteiger partial charge in [-0.2, -0.15) is 0 Å². The Morgan fingerprint density at radius 2 is 1.27 bits per heavy atom. The van der Waals surface area contributed by atoms with Crippen LogP contribution in [-0.2, 0) is 19.5 Å². The predicted octanol–water partition coefficient (Wildman–Crippen LogP) is 1.40. The van der Waals surface area contributed by atoms with Crippen LogP contribution < -0.4 is 10.6 Å². The molecule has 0 amide bonds. The van der Waals surface area contributed by atoms with Crippen molar-refractivity contribution in [2.24, 2.45) is 0 Å². The van der Waals surface area contributed by atoms with Crippen molar-refractivity contribution in [1.29, 1.82) is 0 Å². The third-order valence-corrected chi connectivity index (χ3v) is 4.12. The minimum absolute atomic E-state index is 0.00627. The van der Waals surface area contributed by atoms with Crippen LogP contribution in [0.3, 0.4) is 0 Å². The lowest BCUT2D eigenvalue weighted by Crippen LogP contribution is -2.41. The molecule has 0 saturated carbocycles. The number of rotatable bonds is 12. The van der Waals surface area contributed by atoms with E-state index in [2.05, 4.69) is 17.6 Å². The third kappa shape index (κ3) is 9.47. The number of unbranched alkanes of at least 4 members (excludes halogenated alkanes) is 4. The smallest absolute Gasteiger partial charge is 0.219 e. The molecule has 0 aliphatic carbocycles. The van der Waals surface area contributed by atoms with Crippen molar-refractivity contribution in [3.63, 3.8) is 0 Å². The Balaban J connectivity index is 2.89. The van der Waals surface area contributed by atoms with E-state index in [1.807, 2.05) is 12.1 Å². The molecule has 7 heteroatoms. The van der Waals surface area contributed by atoms with E-state index in [9.17, 15) is 25.5 Å². The first-order valence-electron chi connectivity index (χ1n) is 9.25. The highest BCUT2D eigenvalue weighted by Gasteiger charge is 2.19. The number of nitrogens with one attached hydrogen (secondary N) is 2. The van der Waals surface area contributed by atoms with Gasteiger partial charge in [-0.3, -0.25) is 10.6 Å². The molecule has 7 nitrogen and oxygen atoms in total. The molecule has 1 aromatic rings. The monoisotopic (exact) mass is 370 g/mol. The zero-order valence-corrected chi connectivity index (χ0v) is 16.0. The summed E-state index contributed by atoms with van der Waals surface area (Å²) < 4.78 is 0. The van der Waals surface area contributed by atoms with Crippen molar-refractivity contribution in [3.8, 4) is 5.75 Å². The van der Waals surface area contributed by atoms with E-state index in [1.54, 1.807) is 0 Å². The Morgan fingerprint density at radius 3 is 1.69 bits per heavy atom. The maximum atomic E-state index is 10.4. The second-order valence-corrected chi connectivity index (χ2v) is 7.18. The van der Waals surface area contributed by atoms with Gasteiger partial charge in [-0.05, 0) is 18.4 Å². The van der Waals surface area contributed by atoms with Crippen LogP contribution in [0.5, 0.6) is 5.75 Å². The van der Waals surface area contributed by atoms with Gasteiger partial charge < -0.3 is 25.5 Å². The lowest BCUT2D eigenvalue weighted by atomic mass is 9.99. The molecule has 7 N–H and O–H groups in total. The maximum Gasteiger partial charge on any atom is 0.219 e. The Kier molecular flexibility index (Phi) is 8.95. The van der Waals surface area contributed by atoms with E-state index in [-0.39, 0.29) is 18.8 Å². The van der Waals surface area contributed by atoms with E-state index in [0.717, 1.165) is 24.8 Å². The summed E-state index contributed by atoms with van der Waals surface area (Å²) in [4.78, 5) is 0. The van der Waals surface area contributed by atoms with Crippen molar-refractivity contribution < 1.29 is 25.5 Å². The van der Waals surface area contributed by atoms with Crippen molar-refractivity contribution in [2.75, 3.05) is 0 Å². The molecular weight excluding hydrogens is 336 g/mol. The SMILES string of the molecule is CCCCCCCc1cc(CNC(C)(O)O)c(O)c(CNC(C)(O)O)c1. The zero-order chi connectivity index (χ0) is 19.8. The van der Waals surface area contributed by atoms with E-state index in [4.69, 9.17) is 0 Å². The highest BCUT2D eigenvalue weighted by atomic mass is 16.5. The molecule has 0 aromatic heterocycles. The van der Waals surface area contributed by atoms with Crippen LogP contribution in [0.1, 0.15) is 69.6 Å². The molecule has 0 fully saturated rings. The van der Waals surface area contributed by atoms with Crippen LogP contribution in [0.15, 0.2) is 12.1 Å². The summed E-state index contributed by atoms with van der Waals surface area (Å²) in [6.07, 6.45) is 6.60. The van der Waals surface area contributed by atoms with E-state index >= 15 is 0 Å². The number of phenols is 1. The minimum atomic E-state index is -2.05. The summed E-state index contributed by atoms with van der Waals surface area (Å²) in [5.74, 6) is -4.10. The molecule has 0 heterocycles. The average molecular weight is 370 g/mol. The summed E-state index contributed by atoms with van der Waals surface area (Å²) in [6.45, 7) is 4.72. The summed E-state index contributed by atoms with van der Waals surface area (Å²) in [5.41, 5.74) is 2.07. The molecule has 0 aliphatic rings. The van der Waals surface area contributed by atoms with Crippen molar-refractivity contribution in [3.05, 3.63) is 28.8 Å². The van der Waals surface area contributed by atoms with Crippen LogP contribution in [0.25, 0.3) is 0 Å². The molecule has 0 unspecified atom stereocenters. The quantitative estimate of drug-likeness (QED) is 0.219. The van der Waals surface area contributed by atoms with Crippen LogP contribution in [-0.4, -0.2) is 37.4 Å². The van der Waals surface area contributed by atoms with Crippen molar-refractivity contribution >= 4 is 0 Å². The lowest BCUT2D eigenvalue weighted by molar-refractivity contribution is -0.171. The fraction of sp³-hybridized carbons (Fsp3) is 0.684. The second-order valence-electron chi connectivity index (χ2n) is 7.18. The highest BCUT2D eigenvalue weighted by molar-refractivity contribution is 5.44. The zero-order valence-electron chi connectivity index (χ0n) is 16.0. The fourth-order valence-corrected chi connectivity index (χ4v) is 2.70. The van der Waals surface area contributed by atoms with Gasteiger partial charge >= 0.3 is 0 Å². The van der Waals surface area contributed by atoms with Gasteiger partial charge in [-0.15, -0.1) is 0 Å². The number of benzene rings is 1. The van der Waals surface area contributed by atoms with Gasteiger partial charge in [0.1, 0.15) is 5.75 Å². The average Bonchev–Trinajstić information content (AvgIpc) is 2.51. The highest BCUT2D eigenvalue weighted by Crippen LogP contribution is 2.26. The molecular formula is C19H34N2O5. The van der Waals surface area contributed by atoms with Gasteiger partial charge in [-0.25, -0.2) is 0 Å². The van der Waals surface area contributed by atoms with Gasteiger partial charge in [-0.1, -0.05) is 44.7 Å². The number of aromatic hydroxyl groups is 1. The molecule has 0 aliphatic heterocycles. The van der Waals surface area contributed by atoms with Gasteiger partial charge in [0, 0.05) is 38.1 Å². The molecule has 0 radical (unpaired) electrons. The second kappa shape index (κ2) is 10.2. The molecule has 0 saturated heterocycles. The third-order valence-electron chi connectivity index (χ3n) is 4.12. The number of aryl methyl sites for hydroxylation is 1. The largest absolute Gasteiger partial charge is 0.507 e. The summed E-state index contributed by atoms with van der Waals surface area (Å²) in [7, 11) is 0. The molecule has 150 valence electrons. The summed E-state index contributed by atoms with van der Waals surface area (Å²) in [6, 6.07) is 3.68. The summed E-state index contributed by atoms with van der Waals surface area (Å²) >= 11 is 0. The molecule has 1 rings (SSSR count). The van der Waals surface area contributed by atoms with Crippen LogP contribution >= 0.6 is 0 Å². The van der Waals surface area contributed by atoms with Gasteiger partial charge in [0.25, 0.3) is 0 Å². The Labute approximate surface area is 155 Å². The molecule has 26 heavy (non-hydrogen) atoms. The Hall–Kier alpha value is -1.22. The number of aliphatic hydroxyl groups is 4. The maximum absolute atomic E-state index is 10.4. The Bertz CT molecular complexity index is 511. The van der Waals surface area contributed by atoms with Crippen LogP contribution in [0.4, 0.5) is 0 Å². The predicted molar refractivity (Wildman–Crippen MR) is 99.9 cm³/mol. The molecule has 0 spiro atoms. The topological polar surface area (TPSA) is 125 Å². The van der Waals surface area contributed by atoms with E-state index in [1.165, 1.54) is 33.1 Å². The number of phenolic OH excluding ortho intramolecular Hbond substituents is 1. The van der Waals surface area contributed by atoms with Gasteiger partial charge in [0.05, 0.1) is 0 Å². The van der Waals surface area contributed by atoms with Crippen molar-refractivity contribution in [1.82, 2.24) is 10.6 Å². The summed E-state index contributed by atoms with van der Waals surface area (Å²) in [5, 5.41) is 53.2. The molecule has 0 bridgehead atoms. The lowest BCUT2D eigenvalue weighted by Gasteiger charge is -2.21. The first-order chi connectivity index (χ1) is 12.0. The Morgan fingerprint density at radius 1 is 0.808 bits per heavy atom. The fourth-order valence-electron chi connectivity index (χ4n) is 2.70. The van der Waals surface area contributed by atoms with Crippen molar-refractivity contribution in [2.45, 2.75) is 84.2 Å². The van der Waals surface area contributed by atoms with Gasteiger partial charge in [0.15, 0.2) is 0 Å². The first kappa shape index (κ1) is 22.8. The first-order valence-corrected chi connectivity index (χ1v) is 9.25. The molecule has 0 atom stereocenters. The van der Waals surface area contributed by atoms with Crippen LogP contribution in [0.2, 0.25) is 0 Å². The minimum Gasteiger partial charge on any atom is -0.507 e. The normalized spacial score (nSPS) is 12.6. The van der Waals surface area contributed by atoms with Crippen LogP contribution in [0, 0.1) is 0 Å². The number of hydrogen-bond donors (Lipinski definition) is 7. The number of hydrogen-bond acceptors (Lipinski definition) is 7. The standard InChI is InChI=1S/C19H34N2O5/c1-4-5-6-7-8-9-14-10-15(12-20-18(2,23)24)17(22)16(11-14)13-21-19(3,25)26/h10-11,20-26H,4-9,12-13H2,1-3H3. The van der Waals surface area contributed by atoms with E-state index in [0.29, 0.717) is 11.1 Å².